The summed E-state index contributed by atoms with van der Waals surface area (Å²) in [5.41, 5.74) is 1.25. The van der Waals surface area contributed by atoms with Crippen molar-refractivity contribution < 1.29 is 9.53 Å². The fourth-order valence-corrected chi connectivity index (χ4v) is 2.58. The van der Waals surface area contributed by atoms with Crippen LogP contribution in [0.5, 0.6) is 0 Å². The monoisotopic (exact) mass is 321 g/mol. The lowest BCUT2D eigenvalue weighted by Gasteiger charge is -2.34. The molecule has 1 fully saturated rings. The smallest absolute Gasteiger partial charge is 0.270 e. The van der Waals surface area contributed by atoms with Crippen molar-refractivity contribution in [2.75, 3.05) is 57.9 Å². The number of hydrogen-bond donors (Lipinski definition) is 1. The van der Waals surface area contributed by atoms with Crippen LogP contribution in [-0.4, -0.2) is 73.8 Å². The first-order valence-corrected chi connectivity index (χ1v) is 8.24. The van der Waals surface area contributed by atoms with Crippen LogP contribution in [-0.2, 0) is 4.74 Å². The van der Waals surface area contributed by atoms with Crippen LogP contribution < -0.4 is 10.2 Å². The molecule has 1 aromatic rings. The lowest BCUT2D eigenvalue weighted by molar-refractivity contribution is 0.0943. The Balaban J connectivity index is 1.99. The van der Waals surface area contributed by atoms with Gasteiger partial charge in [0, 0.05) is 52.1 Å². The summed E-state index contributed by atoms with van der Waals surface area (Å²) in [7, 11) is 1.65. The summed E-state index contributed by atoms with van der Waals surface area (Å²) in [4.78, 5) is 25.7. The number of carbonyl (C=O) groups excluding carboxylic acids is 1. The summed E-state index contributed by atoms with van der Waals surface area (Å²) in [6.07, 6.45) is 0.790. The lowest BCUT2D eigenvalue weighted by Crippen LogP contribution is -2.47. The van der Waals surface area contributed by atoms with Gasteiger partial charge in [0.2, 0.25) is 5.95 Å². The van der Waals surface area contributed by atoms with Crippen molar-refractivity contribution in [1.29, 1.82) is 0 Å². The number of nitrogens with one attached hydrogen (secondary N) is 1. The van der Waals surface area contributed by atoms with E-state index in [0.717, 1.165) is 44.8 Å². The minimum Gasteiger partial charge on any atom is -0.385 e. The Morgan fingerprint density at radius 2 is 2.04 bits per heavy atom. The zero-order valence-electron chi connectivity index (χ0n) is 14.3. The number of nitrogens with zero attached hydrogens (tertiary/aromatic N) is 4. The summed E-state index contributed by atoms with van der Waals surface area (Å²) in [5, 5.41) is 2.87. The highest BCUT2D eigenvalue weighted by molar-refractivity contribution is 5.92. The zero-order valence-corrected chi connectivity index (χ0v) is 14.3. The van der Waals surface area contributed by atoms with E-state index in [1.165, 1.54) is 0 Å². The van der Waals surface area contributed by atoms with E-state index >= 15 is 0 Å². The molecule has 2 heterocycles. The number of aryl methyl sites for hydroxylation is 1. The van der Waals surface area contributed by atoms with Crippen molar-refractivity contribution in [3.05, 3.63) is 17.5 Å². The second kappa shape index (κ2) is 8.79. The molecule has 0 spiro atoms. The summed E-state index contributed by atoms with van der Waals surface area (Å²) in [6, 6.07) is 1.73. The van der Waals surface area contributed by atoms with Crippen molar-refractivity contribution in [3.8, 4) is 0 Å². The predicted molar refractivity (Wildman–Crippen MR) is 89.9 cm³/mol. The van der Waals surface area contributed by atoms with Gasteiger partial charge in [0.05, 0.1) is 0 Å². The van der Waals surface area contributed by atoms with E-state index in [1.54, 1.807) is 13.2 Å². The maximum absolute atomic E-state index is 12.2. The summed E-state index contributed by atoms with van der Waals surface area (Å²) in [5.74, 6) is 0.503. The van der Waals surface area contributed by atoms with E-state index in [4.69, 9.17) is 4.74 Å². The Morgan fingerprint density at radius 1 is 1.30 bits per heavy atom. The Labute approximate surface area is 138 Å². The molecular weight excluding hydrogens is 294 g/mol. The molecule has 7 heteroatoms. The Morgan fingerprint density at radius 3 is 2.70 bits per heavy atom. The molecule has 1 saturated heterocycles. The highest BCUT2D eigenvalue weighted by Gasteiger charge is 2.19. The van der Waals surface area contributed by atoms with Crippen LogP contribution in [0.4, 0.5) is 5.95 Å². The highest BCUT2D eigenvalue weighted by Crippen LogP contribution is 2.13. The number of likely N-dealkylation sites (N-methyl/N-ethyl adjacent to an activating group) is 1. The van der Waals surface area contributed by atoms with Crippen LogP contribution in [0.15, 0.2) is 6.07 Å². The number of carbonyl (C=O) groups is 1. The molecule has 2 rings (SSSR count). The van der Waals surface area contributed by atoms with Crippen LogP contribution in [0.1, 0.15) is 29.5 Å². The van der Waals surface area contributed by atoms with Gasteiger partial charge in [0.25, 0.3) is 5.91 Å². The predicted octanol–water partition coefficient (Wildman–Crippen LogP) is 0.693. The number of anilines is 1. The van der Waals surface area contributed by atoms with Gasteiger partial charge >= 0.3 is 0 Å². The number of piperazine rings is 1. The molecule has 0 radical (unpaired) electrons. The van der Waals surface area contributed by atoms with Gasteiger partial charge in [-0.3, -0.25) is 4.79 Å². The molecule has 23 heavy (non-hydrogen) atoms. The number of methoxy groups -OCH3 is 1. The molecule has 0 bridgehead atoms. The topological polar surface area (TPSA) is 70.6 Å². The summed E-state index contributed by atoms with van der Waals surface area (Å²) >= 11 is 0. The SMILES string of the molecule is CCN1CCN(c2nc(C)cc(C(=O)NCCCOC)n2)CC1. The van der Waals surface area contributed by atoms with Crippen molar-refractivity contribution in [2.24, 2.45) is 0 Å². The van der Waals surface area contributed by atoms with Crippen LogP contribution >= 0.6 is 0 Å². The van der Waals surface area contributed by atoms with Crippen LogP contribution in [0.2, 0.25) is 0 Å². The molecule has 1 amide bonds. The van der Waals surface area contributed by atoms with E-state index in [0.29, 0.717) is 24.8 Å². The van der Waals surface area contributed by atoms with E-state index < -0.39 is 0 Å². The number of hydrogen-bond acceptors (Lipinski definition) is 6. The first-order valence-electron chi connectivity index (χ1n) is 8.24. The highest BCUT2D eigenvalue weighted by atomic mass is 16.5. The molecule has 1 aromatic heterocycles. The average molecular weight is 321 g/mol. The van der Waals surface area contributed by atoms with Gasteiger partial charge < -0.3 is 19.9 Å². The van der Waals surface area contributed by atoms with Gasteiger partial charge in [-0.2, -0.15) is 0 Å². The van der Waals surface area contributed by atoms with Gasteiger partial charge in [-0.25, -0.2) is 9.97 Å². The van der Waals surface area contributed by atoms with Gasteiger partial charge in [-0.05, 0) is 26.0 Å². The standard InChI is InChI=1S/C16H27N5O2/c1-4-20-7-9-21(10-8-20)16-18-13(2)12-14(19-16)15(22)17-6-5-11-23-3/h12H,4-11H2,1-3H3,(H,17,22). The third kappa shape index (κ3) is 5.14. The third-order valence-electron chi connectivity index (χ3n) is 3.99. The number of ether oxygens (including phenoxy) is 1. The fourth-order valence-electron chi connectivity index (χ4n) is 2.58. The lowest BCUT2D eigenvalue weighted by atomic mass is 10.3. The molecule has 0 aromatic carbocycles. The van der Waals surface area contributed by atoms with Crippen LogP contribution in [0, 0.1) is 6.92 Å². The van der Waals surface area contributed by atoms with E-state index in [2.05, 4.69) is 32.0 Å². The Hall–Kier alpha value is -1.73. The molecule has 1 aliphatic rings. The molecule has 128 valence electrons. The van der Waals surface area contributed by atoms with Crippen molar-refractivity contribution in [1.82, 2.24) is 20.2 Å². The summed E-state index contributed by atoms with van der Waals surface area (Å²) < 4.78 is 4.98. The molecule has 0 saturated carbocycles. The van der Waals surface area contributed by atoms with Crippen LogP contribution in [0.3, 0.4) is 0 Å². The normalized spacial score (nSPS) is 15.7. The quantitative estimate of drug-likeness (QED) is 0.745. The van der Waals surface area contributed by atoms with Gasteiger partial charge in [0.15, 0.2) is 0 Å². The fraction of sp³-hybridized carbons (Fsp3) is 0.688. The van der Waals surface area contributed by atoms with E-state index in [-0.39, 0.29) is 5.91 Å². The third-order valence-corrected chi connectivity index (χ3v) is 3.99. The second-order valence-corrected chi connectivity index (χ2v) is 5.72. The maximum atomic E-state index is 12.2. The van der Waals surface area contributed by atoms with E-state index in [9.17, 15) is 4.79 Å². The largest absolute Gasteiger partial charge is 0.385 e. The Kier molecular flexibility index (Phi) is 6.73. The molecule has 0 atom stereocenters. The molecule has 1 N–H and O–H groups in total. The first-order chi connectivity index (χ1) is 11.1. The van der Waals surface area contributed by atoms with Crippen LogP contribution in [0.25, 0.3) is 0 Å². The molecule has 0 aliphatic carbocycles. The second-order valence-electron chi connectivity index (χ2n) is 5.72. The minimum absolute atomic E-state index is 0.153. The first kappa shape index (κ1) is 17.6. The van der Waals surface area contributed by atoms with Crippen molar-refractivity contribution in [2.45, 2.75) is 20.3 Å². The number of rotatable bonds is 7. The van der Waals surface area contributed by atoms with Gasteiger partial charge in [-0.1, -0.05) is 6.92 Å². The molecule has 7 nitrogen and oxygen atoms in total. The zero-order chi connectivity index (χ0) is 16.7. The van der Waals surface area contributed by atoms with Crippen molar-refractivity contribution >= 4 is 11.9 Å². The van der Waals surface area contributed by atoms with Gasteiger partial charge in [-0.15, -0.1) is 0 Å². The number of amides is 1. The van der Waals surface area contributed by atoms with Gasteiger partial charge in [0.1, 0.15) is 5.69 Å². The molecular formula is C16H27N5O2. The van der Waals surface area contributed by atoms with Crippen molar-refractivity contribution in [3.63, 3.8) is 0 Å². The average Bonchev–Trinajstić information content (AvgIpc) is 2.58. The minimum atomic E-state index is -0.153. The van der Waals surface area contributed by atoms with E-state index in [1.807, 2.05) is 6.92 Å². The molecule has 1 aliphatic heterocycles. The molecule has 0 unspecified atom stereocenters. The number of aromatic nitrogens is 2. The summed E-state index contributed by atoms with van der Waals surface area (Å²) in [6.45, 7) is 10.2. The maximum Gasteiger partial charge on any atom is 0.270 e. The Bertz CT molecular complexity index is 515.